The average Bonchev–Trinajstić information content (AvgIpc) is 2.84. The van der Waals surface area contributed by atoms with Crippen LogP contribution in [0.4, 0.5) is 11.5 Å². The molecule has 0 aliphatic carbocycles. The van der Waals surface area contributed by atoms with Crippen LogP contribution in [0.5, 0.6) is 0 Å². The van der Waals surface area contributed by atoms with E-state index in [9.17, 15) is 10.1 Å². The van der Waals surface area contributed by atoms with Gasteiger partial charge in [-0.15, -0.1) is 0 Å². The van der Waals surface area contributed by atoms with Crippen molar-refractivity contribution in [2.45, 2.75) is 25.0 Å². The van der Waals surface area contributed by atoms with E-state index in [0.717, 1.165) is 12.8 Å². The second kappa shape index (κ2) is 5.17. The Morgan fingerprint density at radius 1 is 1.52 bits per heavy atom. The van der Waals surface area contributed by atoms with Crippen molar-refractivity contribution >= 4 is 17.3 Å². The van der Waals surface area contributed by atoms with Crippen molar-refractivity contribution in [3.8, 4) is 0 Å². The first-order chi connectivity index (χ1) is 10.1. The van der Waals surface area contributed by atoms with Gasteiger partial charge in [-0.05, 0) is 12.8 Å². The fraction of sp³-hybridized carbons (Fsp3) is 0.500. The number of nitro groups is 1. The number of fused-ring (bicyclic) bond motifs is 2. The summed E-state index contributed by atoms with van der Waals surface area (Å²) in [5, 5.41) is 22.7. The van der Waals surface area contributed by atoms with Gasteiger partial charge in [0.25, 0.3) is 5.69 Å². The Kier molecular flexibility index (Phi) is 3.34. The molecule has 112 valence electrons. The van der Waals surface area contributed by atoms with Crippen molar-refractivity contribution in [2.75, 3.05) is 18.0 Å². The van der Waals surface area contributed by atoms with Crippen LogP contribution in [0.25, 0.3) is 0 Å². The maximum atomic E-state index is 10.9. The third-order valence-corrected chi connectivity index (χ3v) is 3.79. The number of amidine groups is 1. The summed E-state index contributed by atoms with van der Waals surface area (Å²) >= 11 is 0. The summed E-state index contributed by atoms with van der Waals surface area (Å²) in [4.78, 5) is 16.4. The molecule has 0 saturated carbocycles. The topological polar surface area (TPSA) is 127 Å². The molecule has 1 aromatic rings. The molecule has 21 heavy (non-hydrogen) atoms. The number of anilines is 1. The molecule has 0 spiro atoms. The molecule has 2 fully saturated rings. The highest BCUT2D eigenvalue weighted by Crippen LogP contribution is 2.31. The van der Waals surface area contributed by atoms with Crippen LogP contribution in [0.1, 0.15) is 18.4 Å². The lowest BCUT2D eigenvalue weighted by atomic mass is 10.2. The van der Waals surface area contributed by atoms with E-state index in [0.29, 0.717) is 18.9 Å². The van der Waals surface area contributed by atoms with Crippen LogP contribution in [0.3, 0.4) is 0 Å². The van der Waals surface area contributed by atoms with Crippen LogP contribution in [-0.2, 0) is 4.74 Å². The summed E-state index contributed by atoms with van der Waals surface area (Å²) in [5.41, 5.74) is 5.70. The Morgan fingerprint density at radius 2 is 2.19 bits per heavy atom. The summed E-state index contributed by atoms with van der Waals surface area (Å²) in [5.74, 6) is 0.288. The SMILES string of the molecule is NC(=NO)c1cc([N+](=O)[O-])cnc1N1CC2CCC(C1)O2. The van der Waals surface area contributed by atoms with Gasteiger partial charge in [0, 0.05) is 19.2 Å². The number of rotatable bonds is 3. The maximum absolute atomic E-state index is 10.9. The lowest BCUT2D eigenvalue weighted by Gasteiger charge is -2.33. The largest absolute Gasteiger partial charge is 0.409 e. The second-order valence-corrected chi connectivity index (χ2v) is 5.17. The van der Waals surface area contributed by atoms with Gasteiger partial charge < -0.3 is 20.6 Å². The highest BCUT2D eigenvalue weighted by molar-refractivity contribution is 6.02. The number of morpholine rings is 1. The third kappa shape index (κ3) is 2.47. The number of ether oxygens (including phenoxy) is 1. The molecule has 2 unspecified atom stereocenters. The minimum absolute atomic E-state index is 0.140. The quantitative estimate of drug-likeness (QED) is 0.272. The fourth-order valence-electron chi connectivity index (χ4n) is 2.83. The summed E-state index contributed by atoms with van der Waals surface area (Å²) in [6, 6.07) is 1.27. The van der Waals surface area contributed by atoms with Gasteiger partial charge in [0.15, 0.2) is 5.84 Å². The first kappa shape index (κ1) is 13.6. The number of nitrogens with zero attached hydrogens (tertiary/aromatic N) is 4. The van der Waals surface area contributed by atoms with E-state index in [4.69, 9.17) is 15.7 Å². The zero-order chi connectivity index (χ0) is 15.0. The predicted molar refractivity (Wildman–Crippen MR) is 73.5 cm³/mol. The zero-order valence-electron chi connectivity index (χ0n) is 11.2. The molecule has 3 N–H and O–H groups in total. The molecule has 0 aromatic carbocycles. The van der Waals surface area contributed by atoms with Crippen LogP contribution in [0.2, 0.25) is 0 Å². The van der Waals surface area contributed by atoms with Gasteiger partial charge >= 0.3 is 0 Å². The Hall–Kier alpha value is -2.42. The van der Waals surface area contributed by atoms with E-state index in [-0.39, 0.29) is 29.3 Å². The van der Waals surface area contributed by atoms with Crippen LogP contribution >= 0.6 is 0 Å². The molecule has 2 saturated heterocycles. The van der Waals surface area contributed by atoms with Crippen LogP contribution in [-0.4, -0.2) is 46.2 Å². The van der Waals surface area contributed by atoms with Gasteiger partial charge in [0.2, 0.25) is 0 Å². The highest BCUT2D eigenvalue weighted by atomic mass is 16.6. The van der Waals surface area contributed by atoms with E-state index in [1.165, 1.54) is 12.3 Å². The van der Waals surface area contributed by atoms with Crippen LogP contribution in [0, 0.1) is 10.1 Å². The molecule has 1 aromatic heterocycles. The number of nitrogens with two attached hydrogens (primary N) is 1. The van der Waals surface area contributed by atoms with E-state index in [2.05, 4.69) is 10.1 Å². The van der Waals surface area contributed by atoms with E-state index in [1.54, 1.807) is 0 Å². The maximum Gasteiger partial charge on any atom is 0.288 e. The Balaban J connectivity index is 1.99. The molecule has 2 bridgehead atoms. The van der Waals surface area contributed by atoms with Gasteiger partial charge in [-0.1, -0.05) is 5.16 Å². The monoisotopic (exact) mass is 293 g/mol. The van der Waals surface area contributed by atoms with Crippen LogP contribution in [0.15, 0.2) is 17.4 Å². The molecule has 9 nitrogen and oxygen atoms in total. The molecule has 0 amide bonds. The van der Waals surface area contributed by atoms with Gasteiger partial charge in [-0.25, -0.2) is 4.98 Å². The minimum Gasteiger partial charge on any atom is -0.409 e. The molecule has 3 heterocycles. The molecule has 9 heteroatoms. The zero-order valence-corrected chi connectivity index (χ0v) is 11.2. The highest BCUT2D eigenvalue weighted by Gasteiger charge is 2.35. The van der Waals surface area contributed by atoms with Crippen LogP contribution < -0.4 is 10.6 Å². The predicted octanol–water partition coefficient (Wildman–Crippen LogP) is 0.452. The standard InChI is InChI=1S/C12H15N5O4/c13-11(15-18)10-3-7(17(19)20)4-14-12(10)16-5-8-1-2-9(6-16)21-8/h3-4,8-9,18H,1-2,5-6H2,(H2,13,15). The fourth-order valence-corrected chi connectivity index (χ4v) is 2.83. The Morgan fingerprint density at radius 3 is 2.76 bits per heavy atom. The van der Waals surface area contributed by atoms with Crippen molar-refractivity contribution < 1.29 is 14.9 Å². The summed E-state index contributed by atoms with van der Waals surface area (Å²) in [6.45, 7) is 1.29. The third-order valence-electron chi connectivity index (χ3n) is 3.79. The Labute approximate surface area is 120 Å². The smallest absolute Gasteiger partial charge is 0.288 e. The van der Waals surface area contributed by atoms with Crippen molar-refractivity contribution in [3.63, 3.8) is 0 Å². The Bertz CT molecular complexity index is 593. The first-order valence-corrected chi connectivity index (χ1v) is 6.61. The molecule has 2 atom stereocenters. The van der Waals surface area contributed by atoms with Crippen molar-refractivity contribution in [2.24, 2.45) is 10.9 Å². The lowest BCUT2D eigenvalue weighted by Crippen LogP contribution is -2.44. The van der Waals surface area contributed by atoms with Gasteiger partial charge in [-0.3, -0.25) is 10.1 Å². The number of aromatic nitrogens is 1. The number of hydrogen-bond acceptors (Lipinski definition) is 7. The van der Waals surface area contributed by atoms with E-state index >= 15 is 0 Å². The van der Waals surface area contributed by atoms with Crippen molar-refractivity contribution in [1.82, 2.24) is 4.98 Å². The summed E-state index contributed by atoms with van der Waals surface area (Å²) < 4.78 is 5.75. The van der Waals surface area contributed by atoms with Crippen molar-refractivity contribution in [1.29, 1.82) is 0 Å². The molecular weight excluding hydrogens is 278 g/mol. The summed E-state index contributed by atoms with van der Waals surface area (Å²) in [6.07, 6.45) is 3.45. The normalized spacial score (nSPS) is 25.1. The molecular formula is C12H15N5O4. The van der Waals surface area contributed by atoms with E-state index < -0.39 is 4.92 Å². The number of oxime groups is 1. The molecule has 2 aliphatic heterocycles. The molecule has 3 rings (SSSR count). The minimum atomic E-state index is -0.562. The number of pyridine rings is 1. The summed E-state index contributed by atoms with van der Waals surface area (Å²) in [7, 11) is 0. The second-order valence-electron chi connectivity index (χ2n) is 5.17. The van der Waals surface area contributed by atoms with E-state index in [1.807, 2.05) is 4.90 Å². The molecule has 0 radical (unpaired) electrons. The average molecular weight is 293 g/mol. The van der Waals surface area contributed by atoms with Gasteiger partial charge in [0.1, 0.15) is 12.0 Å². The van der Waals surface area contributed by atoms with Gasteiger partial charge in [-0.2, -0.15) is 0 Å². The van der Waals surface area contributed by atoms with Gasteiger partial charge in [0.05, 0.1) is 22.7 Å². The number of hydrogen-bond donors (Lipinski definition) is 2. The lowest BCUT2D eigenvalue weighted by molar-refractivity contribution is -0.385. The van der Waals surface area contributed by atoms with Crippen molar-refractivity contribution in [3.05, 3.63) is 27.9 Å². The molecule has 2 aliphatic rings. The first-order valence-electron chi connectivity index (χ1n) is 6.61.